The zero-order chi connectivity index (χ0) is 15.4. The summed E-state index contributed by atoms with van der Waals surface area (Å²) in [5.74, 6) is -0.277. The van der Waals surface area contributed by atoms with E-state index in [0.29, 0.717) is 6.61 Å². The topological polar surface area (TPSA) is 38.3 Å². The molecule has 0 saturated heterocycles. The molecule has 0 aliphatic carbocycles. The zero-order valence-electron chi connectivity index (χ0n) is 12.6. The number of hydrogen-bond donors (Lipinski definition) is 1. The Hall–Kier alpha value is -2.55. The van der Waals surface area contributed by atoms with E-state index in [1.807, 2.05) is 49.4 Å². The van der Waals surface area contributed by atoms with Gasteiger partial charge in [0.25, 0.3) is 0 Å². The highest BCUT2D eigenvalue weighted by Crippen LogP contribution is 2.39. The van der Waals surface area contributed by atoms with Gasteiger partial charge in [-0.05, 0) is 30.5 Å². The summed E-state index contributed by atoms with van der Waals surface area (Å²) in [6.45, 7) is 2.21. The number of fused-ring (bicyclic) bond motifs is 1. The number of rotatable bonds is 3. The highest BCUT2D eigenvalue weighted by atomic mass is 16.5. The molecule has 3 heteroatoms. The van der Waals surface area contributed by atoms with Crippen molar-refractivity contribution in [3.63, 3.8) is 0 Å². The van der Waals surface area contributed by atoms with Crippen LogP contribution in [0.4, 0.5) is 5.69 Å². The SMILES string of the molecule is CCOC(=O)/C=C1/C[C@H](c2ccccc2)Nc2ccccc21. The quantitative estimate of drug-likeness (QED) is 0.681. The minimum Gasteiger partial charge on any atom is -0.463 e. The molecule has 0 amide bonds. The fourth-order valence-corrected chi connectivity index (χ4v) is 2.81. The van der Waals surface area contributed by atoms with E-state index in [1.54, 1.807) is 6.08 Å². The lowest BCUT2D eigenvalue weighted by molar-refractivity contribution is -0.137. The van der Waals surface area contributed by atoms with Crippen LogP contribution in [0.25, 0.3) is 5.57 Å². The van der Waals surface area contributed by atoms with E-state index >= 15 is 0 Å². The van der Waals surface area contributed by atoms with Crippen molar-refractivity contribution in [3.8, 4) is 0 Å². The molecule has 0 spiro atoms. The van der Waals surface area contributed by atoms with Gasteiger partial charge in [0.05, 0.1) is 12.6 Å². The predicted molar refractivity (Wildman–Crippen MR) is 88.5 cm³/mol. The highest BCUT2D eigenvalue weighted by molar-refractivity contribution is 5.94. The Kier molecular flexibility index (Phi) is 4.24. The summed E-state index contributed by atoms with van der Waals surface area (Å²) < 4.78 is 5.06. The smallest absolute Gasteiger partial charge is 0.331 e. The third-order valence-corrected chi connectivity index (χ3v) is 3.81. The van der Waals surface area contributed by atoms with Crippen LogP contribution in [-0.4, -0.2) is 12.6 Å². The molecule has 0 radical (unpaired) electrons. The molecular weight excluding hydrogens is 274 g/mol. The zero-order valence-corrected chi connectivity index (χ0v) is 12.6. The van der Waals surface area contributed by atoms with Gasteiger partial charge in [-0.15, -0.1) is 0 Å². The van der Waals surface area contributed by atoms with Crippen LogP contribution in [0.15, 0.2) is 60.7 Å². The van der Waals surface area contributed by atoms with Gasteiger partial charge >= 0.3 is 5.97 Å². The number of esters is 1. The third-order valence-electron chi connectivity index (χ3n) is 3.81. The summed E-state index contributed by atoms with van der Waals surface area (Å²) in [5.41, 5.74) is 4.36. The van der Waals surface area contributed by atoms with Crippen molar-refractivity contribution in [1.82, 2.24) is 0 Å². The Balaban J connectivity index is 1.96. The van der Waals surface area contributed by atoms with E-state index in [1.165, 1.54) is 5.56 Å². The summed E-state index contributed by atoms with van der Waals surface area (Å²) in [6, 6.07) is 18.5. The first kappa shape index (κ1) is 14.4. The maximum absolute atomic E-state index is 11.8. The fraction of sp³-hybridized carbons (Fsp3) is 0.211. The van der Waals surface area contributed by atoms with Crippen molar-refractivity contribution < 1.29 is 9.53 Å². The van der Waals surface area contributed by atoms with Gasteiger partial charge in [-0.3, -0.25) is 0 Å². The maximum Gasteiger partial charge on any atom is 0.331 e. The lowest BCUT2D eigenvalue weighted by Gasteiger charge is -2.29. The number of carbonyl (C=O) groups is 1. The van der Waals surface area contributed by atoms with Crippen molar-refractivity contribution in [2.24, 2.45) is 0 Å². The number of carbonyl (C=O) groups excluding carboxylic acids is 1. The summed E-state index contributed by atoms with van der Waals surface area (Å²) in [7, 11) is 0. The molecule has 3 nitrogen and oxygen atoms in total. The molecule has 1 aliphatic rings. The summed E-state index contributed by atoms with van der Waals surface area (Å²) >= 11 is 0. The molecule has 2 aromatic rings. The number of para-hydroxylation sites is 1. The van der Waals surface area contributed by atoms with Crippen LogP contribution in [0.3, 0.4) is 0 Å². The molecule has 1 aliphatic heterocycles. The molecule has 0 fully saturated rings. The van der Waals surface area contributed by atoms with Crippen LogP contribution in [-0.2, 0) is 9.53 Å². The Labute approximate surface area is 130 Å². The Morgan fingerprint density at radius 2 is 1.91 bits per heavy atom. The van der Waals surface area contributed by atoms with E-state index in [-0.39, 0.29) is 12.0 Å². The molecule has 0 unspecified atom stereocenters. The Morgan fingerprint density at radius 3 is 2.68 bits per heavy atom. The van der Waals surface area contributed by atoms with E-state index in [2.05, 4.69) is 17.4 Å². The minimum atomic E-state index is -0.277. The average molecular weight is 293 g/mol. The summed E-state index contributed by atoms with van der Waals surface area (Å²) in [6.07, 6.45) is 2.39. The van der Waals surface area contributed by atoms with Crippen molar-refractivity contribution in [1.29, 1.82) is 0 Å². The lowest BCUT2D eigenvalue weighted by Crippen LogP contribution is -2.18. The number of nitrogens with one attached hydrogen (secondary N) is 1. The molecule has 1 N–H and O–H groups in total. The molecule has 0 bridgehead atoms. The molecule has 1 atom stereocenters. The third kappa shape index (κ3) is 3.03. The van der Waals surface area contributed by atoms with Crippen molar-refractivity contribution in [2.45, 2.75) is 19.4 Å². The van der Waals surface area contributed by atoms with Crippen molar-refractivity contribution in [2.75, 3.05) is 11.9 Å². The van der Waals surface area contributed by atoms with Gasteiger partial charge in [0.1, 0.15) is 0 Å². The second kappa shape index (κ2) is 6.48. The summed E-state index contributed by atoms with van der Waals surface area (Å²) in [4.78, 5) is 11.8. The molecule has 2 aromatic carbocycles. The van der Waals surface area contributed by atoms with Crippen molar-refractivity contribution in [3.05, 3.63) is 71.8 Å². The standard InChI is InChI=1S/C19H19NO2/c1-2-22-19(21)13-15-12-18(14-8-4-3-5-9-14)20-17-11-7-6-10-16(15)17/h3-11,13,18,20H,2,12H2,1H3/b15-13-/t18-/m1/s1. The Bertz CT molecular complexity index is 692. The molecular formula is C19H19NO2. The number of hydrogen-bond acceptors (Lipinski definition) is 3. The van der Waals surface area contributed by atoms with Gasteiger partial charge in [0.2, 0.25) is 0 Å². The normalized spacial score (nSPS) is 18.4. The van der Waals surface area contributed by atoms with Crippen LogP contribution >= 0.6 is 0 Å². The highest BCUT2D eigenvalue weighted by Gasteiger charge is 2.23. The first-order chi connectivity index (χ1) is 10.8. The lowest BCUT2D eigenvalue weighted by atomic mass is 9.89. The summed E-state index contributed by atoms with van der Waals surface area (Å²) in [5, 5.41) is 3.56. The van der Waals surface area contributed by atoms with E-state index in [4.69, 9.17) is 4.74 Å². The first-order valence-electron chi connectivity index (χ1n) is 7.56. The van der Waals surface area contributed by atoms with E-state index in [9.17, 15) is 4.79 Å². The van der Waals surface area contributed by atoms with Crippen LogP contribution < -0.4 is 5.32 Å². The van der Waals surface area contributed by atoms with E-state index in [0.717, 1.165) is 23.2 Å². The number of anilines is 1. The Morgan fingerprint density at radius 1 is 1.18 bits per heavy atom. The molecule has 0 saturated carbocycles. The number of benzene rings is 2. The second-order valence-electron chi connectivity index (χ2n) is 5.28. The average Bonchev–Trinajstić information content (AvgIpc) is 2.56. The molecule has 22 heavy (non-hydrogen) atoms. The van der Waals surface area contributed by atoms with Gasteiger partial charge < -0.3 is 10.1 Å². The minimum absolute atomic E-state index is 0.164. The monoisotopic (exact) mass is 293 g/mol. The first-order valence-corrected chi connectivity index (χ1v) is 7.56. The molecule has 1 heterocycles. The molecule has 3 rings (SSSR count). The van der Waals surface area contributed by atoms with Crippen LogP contribution in [0.5, 0.6) is 0 Å². The van der Waals surface area contributed by atoms with Gasteiger partial charge in [0.15, 0.2) is 0 Å². The van der Waals surface area contributed by atoms with Crippen LogP contribution in [0, 0.1) is 0 Å². The van der Waals surface area contributed by atoms with Gasteiger partial charge in [-0.2, -0.15) is 0 Å². The van der Waals surface area contributed by atoms with Crippen molar-refractivity contribution >= 4 is 17.2 Å². The maximum atomic E-state index is 11.8. The molecule has 112 valence electrons. The largest absolute Gasteiger partial charge is 0.463 e. The van der Waals surface area contributed by atoms with Gasteiger partial charge in [-0.1, -0.05) is 48.5 Å². The second-order valence-corrected chi connectivity index (χ2v) is 5.28. The fourth-order valence-electron chi connectivity index (χ4n) is 2.81. The molecule has 0 aromatic heterocycles. The van der Waals surface area contributed by atoms with Crippen LogP contribution in [0.2, 0.25) is 0 Å². The van der Waals surface area contributed by atoms with Gasteiger partial charge in [0, 0.05) is 17.3 Å². The van der Waals surface area contributed by atoms with Gasteiger partial charge in [-0.25, -0.2) is 4.79 Å². The predicted octanol–water partition coefficient (Wildman–Crippen LogP) is 4.19. The van der Waals surface area contributed by atoms with E-state index < -0.39 is 0 Å². The number of ether oxygens (including phenoxy) is 1. The van der Waals surface area contributed by atoms with Crippen LogP contribution in [0.1, 0.15) is 30.5 Å².